The topological polar surface area (TPSA) is 62.7 Å². The van der Waals surface area contributed by atoms with E-state index < -0.39 is 0 Å². The van der Waals surface area contributed by atoms with Crippen molar-refractivity contribution in [2.45, 2.75) is 6.54 Å². The van der Waals surface area contributed by atoms with Gasteiger partial charge in [-0.3, -0.25) is 4.98 Å². The Morgan fingerprint density at radius 3 is 3.00 bits per heavy atom. The number of nitrogens with two attached hydrogens (primary N) is 1. The average molecular weight is 212 g/mol. The van der Waals surface area contributed by atoms with Crippen LogP contribution in [0.1, 0.15) is 11.3 Å². The minimum Gasteiger partial charge on any atom is -0.325 e. The zero-order valence-electron chi connectivity index (χ0n) is 5.71. The van der Waals surface area contributed by atoms with Crippen LogP contribution in [0.15, 0.2) is 16.7 Å². The Hall–Kier alpha value is -0.920. The van der Waals surface area contributed by atoms with Crippen LogP contribution >= 0.6 is 15.9 Å². The SMILES string of the molecule is N#Cc1cc(Br)cnc1CN. The van der Waals surface area contributed by atoms with Crippen molar-refractivity contribution >= 4 is 15.9 Å². The molecule has 1 heterocycles. The molecule has 1 aromatic heterocycles. The standard InChI is InChI=1S/C7H6BrN3/c8-6-1-5(2-9)7(3-10)11-4-6/h1,4H,3,10H2. The van der Waals surface area contributed by atoms with E-state index in [1.54, 1.807) is 12.3 Å². The van der Waals surface area contributed by atoms with E-state index in [0.717, 1.165) is 4.47 Å². The first-order chi connectivity index (χ1) is 5.27. The van der Waals surface area contributed by atoms with Crippen molar-refractivity contribution in [3.63, 3.8) is 0 Å². The lowest BCUT2D eigenvalue weighted by molar-refractivity contribution is 0.978. The van der Waals surface area contributed by atoms with E-state index >= 15 is 0 Å². The van der Waals surface area contributed by atoms with E-state index in [0.29, 0.717) is 17.8 Å². The molecule has 0 bridgehead atoms. The van der Waals surface area contributed by atoms with Crippen LogP contribution in [-0.2, 0) is 6.54 Å². The first kappa shape index (κ1) is 8.18. The second kappa shape index (κ2) is 3.46. The fourth-order valence-corrected chi connectivity index (χ4v) is 1.06. The number of aromatic nitrogens is 1. The third-order valence-corrected chi connectivity index (χ3v) is 1.68. The van der Waals surface area contributed by atoms with Crippen molar-refractivity contribution in [2.75, 3.05) is 0 Å². The molecule has 0 unspecified atom stereocenters. The van der Waals surface area contributed by atoms with Gasteiger partial charge in [0.25, 0.3) is 0 Å². The van der Waals surface area contributed by atoms with Crippen LogP contribution in [0.3, 0.4) is 0 Å². The second-order valence-corrected chi connectivity index (χ2v) is 2.88. The molecular formula is C7H6BrN3. The molecule has 0 fully saturated rings. The Kier molecular flexibility index (Phi) is 2.58. The summed E-state index contributed by atoms with van der Waals surface area (Å²) in [4.78, 5) is 3.97. The molecular weight excluding hydrogens is 206 g/mol. The predicted octanol–water partition coefficient (Wildman–Crippen LogP) is 1.17. The minimum atomic E-state index is 0.302. The highest BCUT2D eigenvalue weighted by Crippen LogP contribution is 2.12. The number of halogens is 1. The molecule has 4 heteroatoms. The number of nitrogens with zero attached hydrogens (tertiary/aromatic N) is 2. The van der Waals surface area contributed by atoms with Crippen molar-refractivity contribution in [1.82, 2.24) is 4.98 Å². The van der Waals surface area contributed by atoms with Gasteiger partial charge in [-0.25, -0.2) is 0 Å². The summed E-state index contributed by atoms with van der Waals surface area (Å²) in [6.45, 7) is 0.302. The third-order valence-electron chi connectivity index (χ3n) is 1.25. The van der Waals surface area contributed by atoms with Crippen LogP contribution in [0, 0.1) is 11.3 Å². The largest absolute Gasteiger partial charge is 0.325 e. The van der Waals surface area contributed by atoms with E-state index in [1.165, 1.54) is 0 Å². The summed E-state index contributed by atoms with van der Waals surface area (Å²) >= 11 is 3.21. The van der Waals surface area contributed by atoms with Crippen LogP contribution in [0.4, 0.5) is 0 Å². The lowest BCUT2D eigenvalue weighted by atomic mass is 10.2. The molecule has 0 aromatic carbocycles. The summed E-state index contributed by atoms with van der Waals surface area (Å²) in [6, 6.07) is 3.72. The maximum Gasteiger partial charge on any atom is 0.101 e. The van der Waals surface area contributed by atoms with Gasteiger partial charge in [-0.1, -0.05) is 0 Å². The number of hydrogen-bond donors (Lipinski definition) is 1. The highest BCUT2D eigenvalue weighted by atomic mass is 79.9. The molecule has 0 aliphatic carbocycles. The lowest BCUT2D eigenvalue weighted by Gasteiger charge is -1.97. The molecule has 0 spiro atoms. The summed E-state index contributed by atoms with van der Waals surface area (Å²) in [7, 11) is 0. The molecule has 0 atom stereocenters. The zero-order chi connectivity index (χ0) is 8.27. The fourth-order valence-electron chi connectivity index (χ4n) is 0.727. The Labute approximate surface area is 73.0 Å². The second-order valence-electron chi connectivity index (χ2n) is 1.96. The van der Waals surface area contributed by atoms with Gasteiger partial charge in [-0.05, 0) is 22.0 Å². The van der Waals surface area contributed by atoms with Crippen LogP contribution in [0.25, 0.3) is 0 Å². The fraction of sp³-hybridized carbons (Fsp3) is 0.143. The van der Waals surface area contributed by atoms with E-state index in [9.17, 15) is 0 Å². The molecule has 1 aromatic rings. The summed E-state index contributed by atoms with van der Waals surface area (Å²) in [5.74, 6) is 0. The van der Waals surface area contributed by atoms with Gasteiger partial charge in [0.15, 0.2) is 0 Å². The molecule has 2 N–H and O–H groups in total. The molecule has 0 saturated carbocycles. The number of hydrogen-bond acceptors (Lipinski definition) is 3. The maximum atomic E-state index is 8.61. The van der Waals surface area contributed by atoms with Crippen LogP contribution in [-0.4, -0.2) is 4.98 Å². The molecule has 0 aliphatic rings. The van der Waals surface area contributed by atoms with E-state index in [-0.39, 0.29) is 0 Å². The lowest BCUT2D eigenvalue weighted by Crippen LogP contribution is -2.02. The summed E-state index contributed by atoms with van der Waals surface area (Å²) in [5.41, 5.74) is 6.51. The summed E-state index contributed by atoms with van der Waals surface area (Å²) < 4.78 is 0.797. The average Bonchev–Trinajstić information content (AvgIpc) is 2.04. The highest BCUT2D eigenvalue weighted by molar-refractivity contribution is 9.10. The summed E-state index contributed by atoms with van der Waals surface area (Å²) in [6.07, 6.45) is 1.63. The van der Waals surface area contributed by atoms with Crippen LogP contribution in [0.2, 0.25) is 0 Å². The van der Waals surface area contributed by atoms with Gasteiger partial charge < -0.3 is 5.73 Å². The van der Waals surface area contributed by atoms with E-state index in [1.807, 2.05) is 6.07 Å². The Bertz CT molecular complexity index is 303. The van der Waals surface area contributed by atoms with Crippen molar-refractivity contribution < 1.29 is 0 Å². The molecule has 0 amide bonds. The Morgan fingerprint density at radius 1 is 1.73 bits per heavy atom. The first-order valence-corrected chi connectivity index (χ1v) is 3.82. The normalized spacial score (nSPS) is 9.18. The van der Waals surface area contributed by atoms with Crippen LogP contribution in [0.5, 0.6) is 0 Å². The molecule has 0 saturated heterocycles. The van der Waals surface area contributed by atoms with Gasteiger partial charge in [-0.15, -0.1) is 0 Å². The Balaban J connectivity index is 3.19. The number of rotatable bonds is 1. The third kappa shape index (κ3) is 1.76. The van der Waals surface area contributed by atoms with Gasteiger partial charge in [0.05, 0.1) is 11.3 Å². The van der Waals surface area contributed by atoms with Crippen molar-refractivity contribution in [3.05, 3.63) is 28.0 Å². The van der Waals surface area contributed by atoms with Crippen LogP contribution < -0.4 is 5.73 Å². The van der Waals surface area contributed by atoms with Gasteiger partial charge in [0.1, 0.15) is 6.07 Å². The molecule has 3 nitrogen and oxygen atoms in total. The first-order valence-electron chi connectivity index (χ1n) is 3.02. The smallest absolute Gasteiger partial charge is 0.101 e. The summed E-state index contributed by atoms with van der Waals surface area (Å²) in [5, 5.41) is 8.61. The zero-order valence-corrected chi connectivity index (χ0v) is 7.30. The van der Waals surface area contributed by atoms with Gasteiger partial charge in [-0.2, -0.15) is 5.26 Å². The van der Waals surface area contributed by atoms with Crippen molar-refractivity contribution in [1.29, 1.82) is 5.26 Å². The van der Waals surface area contributed by atoms with Crippen molar-refractivity contribution in [3.8, 4) is 6.07 Å². The molecule has 0 aliphatic heterocycles. The van der Waals surface area contributed by atoms with Gasteiger partial charge in [0.2, 0.25) is 0 Å². The van der Waals surface area contributed by atoms with E-state index in [2.05, 4.69) is 20.9 Å². The Morgan fingerprint density at radius 2 is 2.45 bits per heavy atom. The minimum absolute atomic E-state index is 0.302. The maximum absolute atomic E-state index is 8.61. The van der Waals surface area contributed by atoms with Gasteiger partial charge in [0, 0.05) is 17.2 Å². The van der Waals surface area contributed by atoms with Crippen molar-refractivity contribution in [2.24, 2.45) is 5.73 Å². The highest BCUT2D eigenvalue weighted by Gasteiger charge is 2.00. The predicted molar refractivity (Wildman–Crippen MR) is 44.5 cm³/mol. The molecule has 0 radical (unpaired) electrons. The monoisotopic (exact) mass is 211 g/mol. The molecule has 11 heavy (non-hydrogen) atoms. The molecule has 1 rings (SSSR count). The van der Waals surface area contributed by atoms with Gasteiger partial charge >= 0.3 is 0 Å². The number of pyridine rings is 1. The number of nitriles is 1. The van der Waals surface area contributed by atoms with E-state index in [4.69, 9.17) is 11.0 Å². The quantitative estimate of drug-likeness (QED) is 0.759. The molecule has 56 valence electrons.